The molecule has 4 atom stereocenters. The molecule has 3 nitrogen and oxygen atoms in total. The highest BCUT2D eigenvalue weighted by Crippen LogP contribution is 2.44. The summed E-state index contributed by atoms with van der Waals surface area (Å²) in [6.07, 6.45) is 10.8. The minimum Gasteiger partial charge on any atom is -0.454 e. The van der Waals surface area contributed by atoms with E-state index in [1.165, 1.54) is 11.1 Å². The monoisotopic (exact) mass is 316 g/mol. The Labute approximate surface area is 139 Å². The molecule has 1 aliphatic carbocycles. The van der Waals surface area contributed by atoms with Gasteiger partial charge >= 0.3 is 5.97 Å². The molecule has 3 heteroatoms. The van der Waals surface area contributed by atoms with E-state index in [4.69, 9.17) is 9.47 Å². The van der Waals surface area contributed by atoms with Crippen molar-refractivity contribution < 1.29 is 14.3 Å². The molecule has 3 aliphatic rings. The number of fused-ring (bicyclic) bond motifs is 2. The third-order valence-corrected chi connectivity index (χ3v) is 5.62. The Balaban J connectivity index is 1.77. The Morgan fingerprint density at radius 3 is 2.74 bits per heavy atom. The minimum atomic E-state index is -0.229. The number of hydrogen-bond donors (Lipinski definition) is 0. The van der Waals surface area contributed by atoms with E-state index in [0.29, 0.717) is 11.7 Å². The number of esters is 1. The number of hydrogen-bond acceptors (Lipinski definition) is 3. The third-order valence-electron chi connectivity index (χ3n) is 5.62. The van der Waals surface area contributed by atoms with Crippen LogP contribution in [0.4, 0.5) is 0 Å². The first-order valence-corrected chi connectivity index (χ1v) is 8.79. The molecule has 0 aromatic heterocycles. The molecular formula is C20H28O3. The van der Waals surface area contributed by atoms with Crippen LogP contribution in [0.15, 0.2) is 35.5 Å². The molecule has 23 heavy (non-hydrogen) atoms. The van der Waals surface area contributed by atoms with Gasteiger partial charge in [0.15, 0.2) is 0 Å². The zero-order valence-corrected chi connectivity index (χ0v) is 14.6. The van der Waals surface area contributed by atoms with Crippen molar-refractivity contribution in [1.29, 1.82) is 0 Å². The summed E-state index contributed by atoms with van der Waals surface area (Å²) in [6.45, 7) is 10.5. The first kappa shape index (κ1) is 16.5. The SMILES string of the molecule is C=C1C(=O)O[C@H]2/C=C(\C)CC[C@@H]3O[C@@]3(C)CC/C=C(\C)CC[C@@H]12. The number of rotatable bonds is 0. The second-order valence-corrected chi connectivity index (χ2v) is 7.60. The van der Waals surface area contributed by atoms with Crippen molar-refractivity contribution in [1.82, 2.24) is 0 Å². The molecule has 0 unspecified atom stereocenters. The number of carbonyl (C=O) groups excluding carboxylic acids is 1. The van der Waals surface area contributed by atoms with Gasteiger partial charge in [0.05, 0.1) is 11.7 Å². The summed E-state index contributed by atoms with van der Waals surface area (Å²) in [6, 6.07) is 0. The molecule has 3 rings (SSSR count). The molecule has 0 amide bonds. The third kappa shape index (κ3) is 3.60. The van der Waals surface area contributed by atoms with E-state index in [-0.39, 0.29) is 23.6 Å². The van der Waals surface area contributed by atoms with E-state index in [9.17, 15) is 4.79 Å². The Morgan fingerprint density at radius 2 is 1.96 bits per heavy atom. The van der Waals surface area contributed by atoms with E-state index < -0.39 is 0 Å². The zero-order chi connectivity index (χ0) is 16.6. The van der Waals surface area contributed by atoms with Crippen LogP contribution in [-0.2, 0) is 14.3 Å². The Bertz CT molecular complexity index is 571. The maximum Gasteiger partial charge on any atom is 0.334 e. The summed E-state index contributed by atoms with van der Waals surface area (Å²) in [5, 5.41) is 0. The minimum absolute atomic E-state index is 0.0673. The lowest BCUT2D eigenvalue weighted by atomic mass is 9.88. The smallest absolute Gasteiger partial charge is 0.334 e. The molecule has 2 saturated heterocycles. The molecule has 0 aromatic carbocycles. The van der Waals surface area contributed by atoms with Crippen molar-refractivity contribution in [3.8, 4) is 0 Å². The molecule has 0 saturated carbocycles. The van der Waals surface area contributed by atoms with E-state index in [2.05, 4.69) is 39.5 Å². The molecule has 0 bridgehead atoms. The highest BCUT2D eigenvalue weighted by atomic mass is 16.6. The Kier molecular flexibility index (Phi) is 4.50. The molecule has 126 valence electrons. The Hall–Kier alpha value is -1.35. The molecule has 0 N–H and O–H groups in total. The van der Waals surface area contributed by atoms with Crippen molar-refractivity contribution in [2.24, 2.45) is 5.92 Å². The highest BCUT2D eigenvalue weighted by Gasteiger charge is 2.50. The van der Waals surface area contributed by atoms with Crippen LogP contribution in [-0.4, -0.2) is 23.8 Å². The standard InChI is InChI=1S/C20H28O3/c1-13-6-5-11-20(4)18(23-20)10-8-14(2)12-17-16(9-7-13)15(3)19(21)22-17/h6,12,16-18H,3,5,7-11H2,1-2,4H3/b13-6+,14-12+/t16-,17-,18-,20-/m0/s1. The zero-order valence-electron chi connectivity index (χ0n) is 14.6. The molecule has 2 aliphatic heterocycles. The predicted molar refractivity (Wildman–Crippen MR) is 91.0 cm³/mol. The van der Waals surface area contributed by atoms with Crippen LogP contribution < -0.4 is 0 Å². The second kappa shape index (κ2) is 6.27. The lowest BCUT2D eigenvalue weighted by molar-refractivity contribution is -0.137. The first-order valence-electron chi connectivity index (χ1n) is 8.79. The van der Waals surface area contributed by atoms with E-state index in [1.807, 2.05) is 0 Å². The van der Waals surface area contributed by atoms with E-state index in [1.54, 1.807) is 0 Å². The highest BCUT2D eigenvalue weighted by molar-refractivity contribution is 5.91. The number of epoxide rings is 1. The number of carbonyl (C=O) groups is 1. The number of allylic oxidation sites excluding steroid dienone is 3. The van der Waals surface area contributed by atoms with Gasteiger partial charge in [0.1, 0.15) is 6.10 Å². The Morgan fingerprint density at radius 1 is 1.22 bits per heavy atom. The normalized spacial score (nSPS) is 43.2. The number of ether oxygens (including phenoxy) is 2. The van der Waals surface area contributed by atoms with Crippen LogP contribution in [0.25, 0.3) is 0 Å². The lowest BCUT2D eigenvalue weighted by Gasteiger charge is -2.16. The predicted octanol–water partition coefficient (Wildman–Crippen LogP) is 4.49. The second-order valence-electron chi connectivity index (χ2n) is 7.60. The molecule has 2 fully saturated rings. The maximum atomic E-state index is 11.9. The van der Waals surface area contributed by atoms with Gasteiger partial charge in [0.25, 0.3) is 0 Å². The van der Waals surface area contributed by atoms with Gasteiger partial charge in [-0.2, -0.15) is 0 Å². The van der Waals surface area contributed by atoms with Crippen molar-refractivity contribution >= 4 is 5.97 Å². The summed E-state index contributed by atoms with van der Waals surface area (Å²) >= 11 is 0. The largest absolute Gasteiger partial charge is 0.454 e. The van der Waals surface area contributed by atoms with Gasteiger partial charge in [0.2, 0.25) is 0 Å². The molecule has 0 radical (unpaired) electrons. The van der Waals surface area contributed by atoms with E-state index in [0.717, 1.165) is 38.5 Å². The maximum absolute atomic E-state index is 11.9. The lowest BCUT2D eigenvalue weighted by Crippen LogP contribution is -2.15. The summed E-state index contributed by atoms with van der Waals surface area (Å²) < 4.78 is 11.5. The van der Waals surface area contributed by atoms with Gasteiger partial charge in [-0.3, -0.25) is 0 Å². The van der Waals surface area contributed by atoms with Crippen LogP contribution in [0.3, 0.4) is 0 Å². The molecular weight excluding hydrogens is 288 g/mol. The average molecular weight is 316 g/mol. The average Bonchev–Trinajstić information content (AvgIpc) is 3.06. The van der Waals surface area contributed by atoms with Crippen LogP contribution in [0, 0.1) is 5.92 Å². The molecule has 0 spiro atoms. The summed E-state index contributed by atoms with van der Waals surface area (Å²) in [5.74, 6) is -0.112. The molecule has 0 aromatic rings. The van der Waals surface area contributed by atoms with Crippen molar-refractivity contribution in [3.63, 3.8) is 0 Å². The van der Waals surface area contributed by atoms with Crippen LogP contribution in [0.1, 0.15) is 59.3 Å². The van der Waals surface area contributed by atoms with Crippen molar-refractivity contribution in [3.05, 3.63) is 35.5 Å². The fourth-order valence-corrected chi connectivity index (χ4v) is 3.81. The van der Waals surface area contributed by atoms with Crippen LogP contribution in [0.5, 0.6) is 0 Å². The summed E-state index contributed by atoms with van der Waals surface area (Å²) in [4.78, 5) is 11.9. The molecule has 2 heterocycles. The van der Waals surface area contributed by atoms with Gasteiger partial charge < -0.3 is 9.47 Å². The quantitative estimate of drug-likeness (QED) is 0.286. The van der Waals surface area contributed by atoms with Crippen LogP contribution >= 0.6 is 0 Å². The van der Waals surface area contributed by atoms with Gasteiger partial charge in [-0.05, 0) is 65.4 Å². The van der Waals surface area contributed by atoms with Crippen molar-refractivity contribution in [2.45, 2.75) is 77.1 Å². The van der Waals surface area contributed by atoms with E-state index >= 15 is 0 Å². The topological polar surface area (TPSA) is 38.8 Å². The fourth-order valence-electron chi connectivity index (χ4n) is 3.81. The first-order chi connectivity index (χ1) is 10.9. The van der Waals surface area contributed by atoms with Crippen LogP contribution in [0.2, 0.25) is 0 Å². The summed E-state index contributed by atoms with van der Waals surface area (Å²) in [5.41, 5.74) is 3.37. The van der Waals surface area contributed by atoms with Gasteiger partial charge in [-0.25, -0.2) is 4.79 Å². The fraction of sp³-hybridized carbons (Fsp3) is 0.650. The summed E-state index contributed by atoms with van der Waals surface area (Å²) in [7, 11) is 0. The van der Waals surface area contributed by atoms with Gasteiger partial charge in [-0.1, -0.05) is 23.8 Å². The van der Waals surface area contributed by atoms with Gasteiger partial charge in [0, 0.05) is 11.5 Å². The van der Waals surface area contributed by atoms with Crippen molar-refractivity contribution in [2.75, 3.05) is 0 Å². The van der Waals surface area contributed by atoms with Gasteiger partial charge in [-0.15, -0.1) is 0 Å².